The van der Waals surface area contributed by atoms with Gasteiger partial charge in [0.1, 0.15) is 0 Å². The van der Waals surface area contributed by atoms with Gasteiger partial charge in [-0.3, -0.25) is 9.79 Å². The molecule has 0 aromatic carbocycles. The van der Waals surface area contributed by atoms with Crippen molar-refractivity contribution < 1.29 is 13.2 Å². The molecule has 0 spiro atoms. The van der Waals surface area contributed by atoms with Crippen LogP contribution in [0.3, 0.4) is 0 Å². The molecule has 0 heterocycles. The van der Waals surface area contributed by atoms with Crippen LogP contribution in [-0.2, 0) is 14.8 Å². The van der Waals surface area contributed by atoms with Crippen molar-refractivity contribution in [2.24, 2.45) is 4.99 Å². The number of halogens is 1. The number of carbonyl (C=O) groups is 1. The van der Waals surface area contributed by atoms with E-state index in [2.05, 4.69) is 15.0 Å². The number of aliphatic imine (C=N–C) groups is 1. The molecule has 0 aliphatic carbocycles. The third kappa shape index (κ3) is 10.3. The first-order valence-electron chi connectivity index (χ1n) is 8.05. The van der Waals surface area contributed by atoms with Crippen molar-refractivity contribution in [1.29, 1.82) is 0 Å². The monoisotopic (exact) mass is 477 g/mol. The normalized spacial score (nSPS) is 11.6. The van der Waals surface area contributed by atoms with Crippen LogP contribution in [0.25, 0.3) is 0 Å². The molecule has 0 aromatic heterocycles. The van der Waals surface area contributed by atoms with Crippen LogP contribution in [0.1, 0.15) is 27.7 Å². The summed E-state index contributed by atoms with van der Waals surface area (Å²) < 4.78 is 25.2. The van der Waals surface area contributed by atoms with E-state index in [0.717, 1.165) is 0 Å². The number of hydrogen-bond acceptors (Lipinski definition) is 4. The van der Waals surface area contributed by atoms with Gasteiger partial charge in [-0.25, -0.2) is 13.1 Å². The molecule has 0 aliphatic rings. The van der Waals surface area contributed by atoms with Gasteiger partial charge in [-0.1, -0.05) is 0 Å². The van der Waals surface area contributed by atoms with E-state index >= 15 is 0 Å². The number of amides is 1. The van der Waals surface area contributed by atoms with Gasteiger partial charge < -0.3 is 15.1 Å². The standard InChI is InChI=1S/C14H31N5O3S.HI/c1-6-15-14(16-10-11-17-23(21,22)9-4)18(5)12-13(20)19(7-2)8-3;/h17H,6-12H2,1-5H3,(H,15,16);1H. The number of likely N-dealkylation sites (N-methyl/N-ethyl adjacent to an activating group) is 2. The van der Waals surface area contributed by atoms with E-state index in [4.69, 9.17) is 0 Å². The Bertz CT molecular complexity index is 481. The predicted molar refractivity (Wildman–Crippen MR) is 109 cm³/mol. The van der Waals surface area contributed by atoms with Gasteiger partial charge in [0.05, 0.1) is 18.8 Å². The van der Waals surface area contributed by atoms with Crippen LogP contribution in [0.15, 0.2) is 4.99 Å². The maximum absolute atomic E-state index is 12.1. The zero-order valence-corrected chi connectivity index (χ0v) is 18.5. The summed E-state index contributed by atoms with van der Waals surface area (Å²) in [5, 5.41) is 3.10. The first-order chi connectivity index (χ1) is 10.8. The van der Waals surface area contributed by atoms with Crippen molar-refractivity contribution >= 4 is 45.9 Å². The maximum atomic E-state index is 12.1. The molecule has 24 heavy (non-hydrogen) atoms. The van der Waals surface area contributed by atoms with E-state index in [-0.39, 0.29) is 48.7 Å². The Hall–Kier alpha value is -0.620. The van der Waals surface area contributed by atoms with Gasteiger partial charge in [0.2, 0.25) is 15.9 Å². The highest BCUT2D eigenvalue weighted by Crippen LogP contribution is 1.94. The fourth-order valence-corrected chi connectivity index (χ4v) is 2.50. The minimum atomic E-state index is -3.20. The van der Waals surface area contributed by atoms with E-state index in [1.807, 2.05) is 20.8 Å². The molecular formula is C14H32IN5O3S. The van der Waals surface area contributed by atoms with Crippen LogP contribution in [-0.4, -0.2) is 82.2 Å². The second kappa shape index (κ2) is 13.6. The number of nitrogens with zero attached hydrogens (tertiary/aromatic N) is 3. The van der Waals surface area contributed by atoms with Gasteiger partial charge in [-0.2, -0.15) is 0 Å². The molecule has 0 bridgehead atoms. The molecule has 0 fully saturated rings. The summed E-state index contributed by atoms with van der Waals surface area (Å²) in [6.07, 6.45) is 0. The fraction of sp³-hybridized carbons (Fsp3) is 0.857. The van der Waals surface area contributed by atoms with Crippen molar-refractivity contribution in [2.45, 2.75) is 27.7 Å². The van der Waals surface area contributed by atoms with Gasteiger partial charge in [-0.05, 0) is 27.7 Å². The molecule has 0 atom stereocenters. The molecule has 144 valence electrons. The van der Waals surface area contributed by atoms with Crippen molar-refractivity contribution in [3.05, 3.63) is 0 Å². The number of carbonyl (C=O) groups excluding carboxylic acids is 1. The van der Waals surface area contributed by atoms with E-state index in [0.29, 0.717) is 32.1 Å². The van der Waals surface area contributed by atoms with Crippen molar-refractivity contribution in [3.8, 4) is 0 Å². The van der Waals surface area contributed by atoms with Crippen molar-refractivity contribution in [3.63, 3.8) is 0 Å². The van der Waals surface area contributed by atoms with Gasteiger partial charge in [0.15, 0.2) is 5.96 Å². The van der Waals surface area contributed by atoms with E-state index in [1.54, 1.807) is 23.8 Å². The Morgan fingerprint density at radius 1 is 1.12 bits per heavy atom. The Morgan fingerprint density at radius 3 is 2.17 bits per heavy atom. The Balaban J connectivity index is 0. The van der Waals surface area contributed by atoms with Crippen LogP contribution in [0.5, 0.6) is 0 Å². The summed E-state index contributed by atoms with van der Waals surface area (Å²) in [5.41, 5.74) is 0. The number of guanidine groups is 1. The molecule has 8 nitrogen and oxygen atoms in total. The molecule has 0 saturated carbocycles. The van der Waals surface area contributed by atoms with Crippen LogP contribution >= 0.6 is 24.0 Å². The van der Waals surface area contributed by atoms with Crippen LogP contribution in [0.4, 0.5) is 0 Å². The summed E-state index contributed by atoms with van der Waals surface area (Å²) in [6.45, 7) is 10.2. The summed E-state index contributed by atoms with van der Waals surface area (Å²) >= 11 is 0. The highest BCUT2D eigenvalue weighted by molar-refractivity contribution is 14.0. The molecule has 10 heteroatoms. The predicted octanol–water partition coefficient (Wildman–Crippen LogP) is 0.309. The smallest absolute Gasteiger partial charge is 0.242 e. The van der Waals surface area contributed by atoms with Crippen molar-refractivity contribution in [1.82, 2.24) is 19.8 Å². The highest BCUT2D eigenvalue weighted by atomic mass is 127. The zero-order valence-electron chi connectivity index (χ0n) is 15.3. The second-order valence-corrected chi connectivity index (χ2v) is 7.05. The van der Waals surface area contributed by atoms with Crippen LogP contribution < -0.4 is 10.0 Å². The lowest BCUT2D eigenvalue weighted by atomic mass is 10.4. The van der Waals surface area contributed by atoms with Gasteiger partial charge in [0.25, 0.3) is 0 Å². The zero-order chi connectivity index (χ0) is 17.9. The van der Waals surface area contributed by atoms with Crippen molar-refractivity contribution in [2.75, 3.05) is 52.1 Å². The SMILES string of the molecule is CCNC(=NCCNS(=O)(=O)CC)N(C)CC(=O)N(CC)CC.I. The molecule has 0 saturated heterocycles. The summed E-state index contributed by atoms with van der Waals surface area (Å²) in [6, 6.07) is 0. The molecule has 0 aliphatic heterocycles. The molecule has 2 N–H and O–H groups in total. The first kappa shape index (κ1) is 25.6. The first-order valence-corrected chi connectivity index (χ1v) is 9.70. The molecule has 0 unspecified atom stereocenters. The largest absolute Gasteiger partial charge is 0.357 e. The number of sulfonamides is 1. The fourth-order valence-electron chi connectivity index (χ4n) is 1.89. The average molecular weight is 477 g/mol. The minimum absolute atomic E-state index is 0. The lowest BCUT2D eigenvalue weighted by molar-refractivity contribution is -0.131. The summed E-state index contributed by atoms with van der Waals surface area (Å²) in [5.74, 6) is 0.674. The lowest BCUT2D eigenvalue weighted by Crippen LogP contribution is -2.46. The molecule has 0 rings (SSSR count). The van der Waals surface area contributed by atoms with Gasteiger partial charge in [0, 0.05) is 33.2 Å². The minimum Gasteiger partial charge on any atom is -0.357 e. The van der Waals surface area contributed by atoms with Crippen LogP contribution in [0.2, 0.25) is 0 Å². The van der Waals surface area contributed by atoms with E-state index < -0.39 is 10.0 Å². The van der Waals surface area contributed by atoms with Gasteiger partial charge >= 0.3 is 0 Å². The Kier molecular flexibility index (Phi) is 14.6. The lowest BCUT2D eigenvalue weighted by Gasteiger charge is -2.25. The highest BCUT2D eigenvalue weighted by Gasteiger charge is 2.15. The quantitative estimate of drug-likeness (QED) is 0.205. The third-order valence-electron chi connectivity index (χ3n) is 3.26. The molecular weight excluding hydrogens is 445 g/mol. The molecule has 1 amide bonds. The maximum Gasteiger partial charge on any atom is 0.242 e. The summed E-state index contributed by atoms with van der Waals surface area (Å²) in [7, 11) is -1.41. The molecule has 0 radical (unpaired) electrons. The van der Waals surface area contributed by atoms with Gasteiger partial charge in [-0.15, -0.1) is 24.0 Å². The number of hydrogen-bond donors (Lipinski definition) is 2. The average Bonchev–Trinajstić information content (AvgIpc) is 2.51. The third-order valence-corrected chi connectivity index (χ3v) is 4.66. The van der Waals surface area contributed by atoms with E-state index in [9.17, 15) is 13.2 Å². The molecule has 0 aromatic rings. The van der Waals surface area contributed by atoms with E-state index in [1.165, 1.54) is 0 Å². The topological polar surface area (TPSA) is 94.1 Å². The second-order valence-electron chi connectivity index (χ2n) is 4.96. The Labute approximate surface area is 163 Å². The number of rotatable bonds is 10. The van der Waals surface area contributed by atoms with Crippen LogP contribution in [0, 0.1) is 0 Å². The Morgan fingerprint density at radius 2 is 1.71 bits per heavy atom. The number of nitrogens with one attached hydrogen (secondary N) is 2. The summed E-state index contributed by atoms with van der Waals surface area (Å²) in [4.78, 5) is 20.0.